The molecule has 1 atom stereocenters. The molecule has 7 nitrogen and oxygen atoms in total. The molecule has 0 saturated heterocycles. The lowest BCUT2D eigenvalue weighted by atomic mass is 10.1. The molecule has 130 valence electrons. The van der Waals surface area contributed by atoms with Crippen LogP contribution in [0, 0.1) is 0 Å². The maximum absolute atomic E-state index is 12.5. The number of hydrogen-bond acceptors (Lipinski definition) is 3. The van der Waals surface area contributed by atoms with E-state index in [1.165, 1.54) is 0 Å². The topological polar surface area (TPSA) is 111 Å². The number of H-pyrrole nitrogens is 3. The van der Waals surface area contributed by atoms with Gasteiger partial charge >= 0.3 is 5.69 Å². The predicted octanol–water partition coefficient (Wildman–Crippen LogP) is 2.19. The molecule has 2 heterocycles. The average molecular weight is 348 g/mol. The summed E-state index contributed by atoms with van der Waals surface area (Å²) in [7, 11) is 0. The quantitative estimate of drug-likeness (QED) is 0.455. The zero-order valence-corrected chi connectivity index (χ0v) is 13.9. The Hall–Kier alpha value is -3.61. The van der Waals surface area contributed by atoms with Crippen molar-refractivity contribution in [1.82, 2.24) is 20.3 Å². The van der Waals surface area contributed by atoms with E-state index in [4.69, 9.17) is 0 Å². The summed E-state index contributed by atoms with van der Waals surface area (Å²) in [6.45, 7) is 1.84. The highest BCUT2D eigenvalue weighted by Gasteiger charge is 2.14. The lowest BCUT2D eigenvalue weighted by Crippen LogP contribution is -2.29. The van der Waals surface area contributed by atoms with Crippen molar-refractivity contribution >= 4 is 27.7 Å². The van der Waals surface area contributed by atoms with E-state index < -0.39 is 0 Å². The van der Waals surface area contributed by atoms with Crippen molar-refractivity contribution < 1.29 is 4.79 Å². The minimum atomic E-state index is -0.372. The highest BCUT2D eigenvalue weighted by atomic mass is 16.2. The van der Waals surface area contributed by atoms with Gasteiger partial charge in [-0.2, -0.15) is 0 Å². The molecule has 2 aromatic carbocycles. The van der Waals surface area contributed by atoms with Crippen molar-refractivity contribution in [3.05, 3.63) is 80.6 Å². The van der Waals surface area contributed by atoms with Crippen LogP contribution in [0.25, 0.3) is 21.8 Å². The number of carbonyl (C=O) groups excluding carboxylic acids is 1. The van der Waals surface area contributed by atoms with Gasteiger partial charge in [0.25, 0.3) is 11.5 Å². The Kier molecular flexibility index (Phi) is 3.69. The van der Waals surface area contributed by atoms with Crippen molar-refractivity contribution in [3.8, 4) is 0 Å². The fourth-order valence-electron chi connectivity index (χ4n) is 3.01. The lowest BCUT2D eigenvalue weighted by Gasteiger charge is -2.14. The first kappa shape index (κ1) is 15.9. The lowest BCUT2D eigenvalue weighted by molar-refractivity contribution is 0.0935. The highest BCUT2D eigenvalue weighted by molar-refractivity contribution is 5.96. The molecule has 0 aliphatic rings. The molecule has 26 heavy (non-hydrogen) atoms. The van der Waals surface area contributed by atoms with E-state index in [0.29, 0.717) is 21.8 Å². The number of benzene rings is 2. The standard InChI is InChI=1S/C19H16N4O3/c1-10(11-6-7-14-15(8-11)23-19(26)22-14)20-18(25)16-9-12-4-2-3-5-13(12)17(24)21-16/h2-10H,1H3,(H,20,25)(H,21,24)(H2,22,23,26). The van der Waals surface area contributed by atoms with Crippen LogP contribution in [0.5, 0.6) is 0 Å². The molecule has 0 aliphatic carbocycles. The Morgan fingerprint density at radius 2 is 1.73 bits per heavy atom. The summed E-state index contributed by atoms with van der Waals surface area (Å²) in [6, 6.07) is 13.9. The first-order valence-corrected chi connectivity index (χ1v) is 8.16. The van der Waals surface area contributed by atoms with E-state index in [1.54, 1.807) is 36.4 Å². The maximum atomic E-state index is 12.5. The summed E-state index contributed by atoms with van der Waals surface area (Å²) in [5, 5.41) is 4.11. The molecule has 1 amide bonds. The molecule has 0 spiro atoms. The second-order valence-electron chi connectivity index (χ2n) is 6.18. The molecule has 2 aromatic heterocycles. The van der Waals surface area contributed by atoms with Gasteiger partial charge in [-0.3, -0.25) is 9.59 Å². The number of nitrogens with one attached hydrogen (secondary N) is 4. The number of carbonyl (C=O) groups is 1. The van der Waals surface area contributed by atoms with Gasteiger partial charge in [0.1, 0.15) is 5.69 Å². The van der Waals surface area contributed by atoms with Crippen molar-refractivity contribution in [2.75, 3.05) is 0 Å². The minimum Gasteiger partial charge on any atom is -0.344 e. The van der Waals surface area contributed by atoms with Crippen LogP contribution in [0.4, 0.5) is 0 Å². The van der Waals surface area contributed by atoms with Gasteiger partial charge in [0.05, 0.1) is 17.1 Å². The number of rotatable bonds is 3. The van der Waals surface area contributed by atoms with Gasteiger partial charge in [0, 0.05) is 5.39 Å². The molecule has 4 aromatic rings. The smallest absolute Gasteiger partial charge is 0.323 e. The van der Waals surface area contributed by atoms with E-state index >= 15 is 0 Å². The van der Waals surface area contributed by atoms with Crippen LogP contribution >= 0.6 is 0 Å². The molecule has 1 unspecified atom stereocenters. The summed E-state index contributed by atoms with van der Waals surface area (Å²) in [4.78, 5) is 44.0. The number of amides is 1. The molecule has 4 rings (SSSR count). The van der Waals surface area contributed by atoms with Gasteiger partial charge < -0.3 is 20.3 Å². The summed E-state index contributed by atoms with van der Waals surface area (Å²) in [6.07, 6.45) is 0. The van der Waals surface area contributed by atoms with Gasteiger partial charge in [0.2, 0.25) is 0 Å². The molecule has 4 N–H and O–H groups in total. The van der Waals surface area contributed by atoms with Crippen molar-refractivity contribution in [3.63, 3.8) is 0 Å². The summed E-state index contributed by atoms with van der Waals surface area (Å²) < 4.78 is 0. The third-order valence-corrected chi connectivity index (χ3v) is 4.39. The molecular weight excluding hydrogens is 332 g/mol. The van der Waals surface area contributed by atoms with Crippen molar-refractivity contribution in [1.29, 1.82) is 0 Å². The first-order valence-electron chi connectivity index (χ1n) is 8.16. The Labute approximate surface area is 147 Å². The third kappa shape index (κ3) is 2.79. The van der Waals surface area contributed by atoms with Gasteiger partial charge in [-0.15, -0.1) is 0 Å². The van der Waals surface area contributed by atoms with Crippen LogP contribution in [-0.4, -0.2) is 20.9 Å². The third-order valence-electron chi connectivity index (χ3n) is 4.39. The first-order chi connectivity index (χ1) is 12.5. The van der Waals surface area contributed by atoms with Gasteiger partial charge in [-0.05, 0) is 42.1 Å². The van der Waals surface area contributed by atoms with Crippen LogP contribution in [0.3, 0.4) is 0 Å². The Morgan fingerprint density at radius 3 is 2.58 bits per heavy atom. The summed E-state index contributed by atoms with van der Waals surface area (Å²) in [5.41, 5.74) is 1.85. The van der Waals surface area contributed by atoms with E-state index in [2.05, 4.69) is 20.3 Å². The molecule has 0 bridgehead atoms. The number of fused-ring (bicyclic) bond motifs is 2. The van der Waals surface area contributed by atoms with Gasteiger partial charge in [-0.25, -0.2) is 4.79 Å². The van der Waals surface area contributed by atoms with Gasteiger partial charge in [0.15, 0.2) is 0 Å². The van der Waals surface area contributed by atoms with Crippen LogP contribution in [-0.2, 0) is 0 Å². The number of hydrogen-bond donors (Lipinski definition) is 4. The minimum absolute atomic E-state index is 0.205. The van der Waals surface area contributed by atoms with Crippen LogP contribution in [0.2, 0.25) is 0 Å². The fraction of sp³-hybridized carbons (Fsp3) is 0.105. The largest absolute Gasteiger partial charge is 0.344 e. The number of aromatic amines is 3. The Bertz CT molecular complexity index is 1250. The van der Waals surface area contributed by atoms with Gasteiger partial charge in [-0.1, -0.05) is 24.3 Å². The highest BCUT2D eigenvalue weighted by Crippen LogP contribution is 2.18. The predicted molar refractivity (Wildman–Crippen MR) is 99.4 cm³/mol. The van der Waals surface area contributed by atoms with Crippen molar-refractivity contribution in [2.24, 2.45) is 0 Å². The SMILES string of the molecule is CC(NC(=O)c1cc2ccccc2c(=O)[nH]1)c1ccc2[nH]c(=O)[nH]c2c1. The molecule has 0 radical (unpaired) electrons. The van der Waals surface area contributed by atoms with E-state index in [9.17, 15) is 14.4 Å². The molecule has 0 aliphatic heterocycles. The molecule has 7 heteroatoms. The number of pyridine rings is 1. The van der Waals surface area contributed by atoms with Crippen molar-refractivity contribution in [2.45, 2.75) is 13.0 Å². The second-order valence-corrected chi connectivity index (χ2v) is 6.18. The number of aromatic nitrogens is 3. The molecule has 0 fully saturated rings. The normalized spacial score (nSPS) is 12.3. The average Bonchev–Trinajstić information content (AvgIpc) is 3.00. The Balaban J connectivity index is 1.62. The second kappa shape index (κ2) is 6.03. The monoisotopic (exact) mass is 348 g/mol. The van der Waals surface area contributed by atoms with E-state index in [0.717, 1.165) is 5.56 Å². The van der Waals surface area contributed by atoms with E-state index in [-0.39, 0.29) is 28.9 Å². The maximum Gasteiger partial charge on any atom is 0.323 e. The fourth-order valence-corrected chi connectivity index (χ4v) is 3.01. The van der Waals surface area contributed by atoms with Crippen LogP contribution in [0.1, 0.15) is 29.0 Å². The number of imidazole rings is 1. The van der Waals surface area contributed by atoms with Crippen LogP contribution in [0.15, 0.2) is 58.1 Å². The molecular formula is C19H16N4O3. The Morgan fingerprint density at radius 1 is 0.962 bits per heavy atom. The van der Waals surface area contributed by atoms with Crippen LogP contribution < -0.4 is 16.6 Å². The van der Waals surface area contributed by atoms with E-state index in [1.807, 2.05) is 19.1 Å². The zero-order valence-electron chi connectivity index (χ0n) is 13.9. The zero-order chi connectivity index (χ0) is 18.3. The summed E-state index contributed by atoms with van der Waals surface area (Å²) in [5.74, 6) is -0.372. The molecule has 0 saturated carbocycles. The summed E-state index contributed by atoms with van der Waals surface area (Å²) >= 11 is 0.